The highest BCUT2D eigenvalue weighted by molar-refractivity contribution is 5.79. The van der Waals surface area contributed by atoms with Gasteiger partial charge in [-0.25, -0.2) is 4.79 Å². The molecule has 2 aromatic carbocycles. The van der Waals surface area contributed by atoms with Crippen molar-refractivity contribution in [3.8, 4) is 23.3 Å². The highest BCUT2D eigenvalue weighted by atomic mass is 16.6. The summed E-state index contributed by atoms with van der Waals surface area (Å²) in [6.07, 6.45) is -0.394. The van der Waals surface area contributed by atoms with Gasteiger partial charge in [0.25, 0.3) is 0 Å². The molecule has 0 unspecified atom stereocenters. The number of nitriles is 1. The molecule has 0 saturated carbocycles. The molecular formula is C22H24N2O6. The number of hydrogen-bond donors (Lipinski definition) is 0. The Balaban J connectivity index is 2.14. The van der Waals surface area contributed by atoms with Crippen molar-refractivity contribution in [2.24, 2.45) is 0 Å². The van der Waals surface area contributed by atoms with Gasteiger partial charge in [-0.05, 0) is 48.9 Å². The summed E-state index contributed by atoms with van der Waals surface area (Å²) in [4.78, 5) is 25.9. The molecule has 0 fully saturated rings. The van der Waals surface area contributed by atoms with Gasteiger partial charge < -0.3 is 18.9 Å². The Labute approximate surface area is 175 Å². The van der Waals surface area contributed by atoms with E-state index in [0.29, 0.717) is 30.3 Å². The molecule has 0 saturated heterocycles. The van der Waals surface area contributed by atoms with Crippen LogP contribution in [0, 0.1) is 11.3 Å². The van der Waals surface area contributed by atoms with E-state index in [1.807, 2.05) is 6.07 Å². The van der Waals surface area contributed by atoms with Crippen LogP contribution in [0.25, 0.3) is 0 Å². The number of carbonyl (C=O) groups excluding carboxylic acids is 2. The summed E-state index contributed by atoms with van der Waals surface area (Å²) in [7, 11) is 2.80. The second-order valence-electron chi connectivity index (χ2n) is 6.25. The van der Waals surface area contributed by atoms with E-state index in [0.717, 1.165) is 5.56 Å². The Morgan fingerprint density at radius 2 is 1.60 bits per heavy atom. The first-order chi connectivity index (χ1) is 14.5. The van der Waals surface area contributed by atoms with E-state index in [9.17, 15) is 9.59 Å². The Hall–Kier alpha value is -3.73. The Morgan fingerprint density at radius 3 is 2.17 bits per heavy atom. The van der Waals surface area contributed by atoms with Crippen molar-refractivity contribution in [2.75, 3.05) is 27.4 Å². The van der Waals surface area contributed by atoms with Gasteiger partial charge in [0.05, 0.1) is 32.8 Å². The predicted octanol–water partition coefficient (Wildman–Crippen LogP) is 3.72. The lowest BCUT2D eigenvalue weighted by molar-refractivity contribution is -0.141. The summed E-state index contributed by atoms with van der Waals surface area (Å²) in [6, 6.07) is 15.1. The Bertz CT molecular complexity index is 874. The Kier molecular flexibility index (Phi) is 8.51. The fourth-order valence-corrected chi connectivity index (χ4v) is 2.60. The van der Waals surface area contributed by atoms with E-state index in [2.05, 4.69) is 0 Å². The van der Waals surface area contributed by atoms with Gasteiger partial charge in [0.1, 0.15) is 30.4 Å². The number of methoxy groups -OCH3 is 2. The third-order valence-corrected chi connectivity index (χ3v) is 4.34. The smallest absolute Gasteiger partial charge is 0.416 e. The average molecular weight is 412 g/mol. The summed E-state index contributed by atoms with van der Waals surface area (Å²) < 4.78 is 20.7. The topological polar surface area (TPSA) is 98.1 Å². The van der Waals surface area contributed by atoms with E-state index in [1.165, 1.54) is 12.0 Å². The normalized spacial score (nSPS) is 11.0. The molecule has 0 N–H and O–H groups in total. The van der Waals surface area contributed by atoms with E-state index in [-0.39, 0.29) is 6.54 Å². The molecule has 0 aliphatic carbocycles. The molecular weight excluding hydrogens is 388 g/mol. The van der Waals surface area contributed by atoms with Crippen molar-refractivity contribution in [1.82, 2.24) is 4.90 Å². The molecule has 0 aliphatic heterocycles. The summed E-state index contributed by atoms with van der Waals surface area (Å²) in [5, 5.41) is 8.58. The Morgan fingerprint density at radius 1 is 1.00 bits per heavy atom. The number of esters is 1. The van der Waals surface area contributed by atoms with Gasteiger partial charge in [-0.2, -0.15) is 5.26 Å². The molecule has 8 heteroatoms. The third kappa shape index (κ3) is 6.41. The second kappa shape index (κ2) is 11.3. The van der Waals surface area contributed by atoms with Crippen molar-refractivity contribution in [1.29, 1.82) is 5.26 Å². The van der Waals surface area contributed by atoms with Crippen LogP contribution in [0.15, 0.2) is 48.5 Å². The largest absolute Gasteiger partial charge is 0.497 e. The van der Waals surface area contributed by atoms with E-state index in [4.69, 9.17) is 24.2 Å². The number of benzene rings is 2. The number of ether oxygens (including phenoxy) is 4. The van der Waals surface area contributed by atoms with Crippen molar-refractivity contribution in [2.45, 2.75) is 19.4 Å². The fourth-order valence-electron chi connectivity index (χ4n) is 2.60. The molecule has 2 aromatic rings. The lowest BCUT2D eigenvalue weighted by Gasteiger charge is -2.27. The molecule has 0 spiro atoms. The molecule has 8 nitrogen and oxygen atoms in total. The highest BCUT2D eigenvalue weighted by Crippen LogP contribution is 2.25. The van der Waals surface area contributed by atoms with Gasteiger partial charge in [-0.15, -0.1) is 0 Å². The van der Waals surface area contributed by atoms with Gasteiger partial charge in [-0.1, -0.05) is 12.1 Å². The van der Waals surface area contributed by atoms with Crippen LogP contribution in [0.1, 0.15) is 24.9 Å². The molecule has 0 radical (unpaired) electrons. The van der Waals surface area contributed by atoms with Crippen molar-refractivity contribution < 1.29 is 28.5 Å². The van der Waals surface area contributed by atoms with Crippen LogP contribution < -0.4 is 14.2 Å². The predicted molar refractivity (Wildman–Crippen MR) is 108 cm³/mol. The lowest BCUT2D eigenvalue weighted by atomic mass is 10.1. The average Bonchev–Trinajstić information content (AvgIpc) is 2.78. The van der Waals surface area contributed by atoms with Gasteiger partial charge >= 0.3 is 12.1 Å². The fraction of sp³-hybridized carbons (Fsp3) is 0.318. The quantitative estimate of drug-likeness (QED) is 0.457. The zero-order valence-electron chi connectivity index (χ0n) is 17.2. The molecule has 0 aromatic heterocycles. The zero-order valence-corrected chi connectivity index (χ0v) is 17.2. The number of nitrogens with zero attached hydrogens (tertiary/aromatic N) is 2. The zero-order chi connectivity index (χ0) is 21.9. The van der Waals surface area contributed by atoms with Crippen LogP contribution in [0.2, 0.25) is 0 Å². The van der Waals surface area contributed by atoms with Crippen LogP contribution >= 0.6 is 0 Å². The number of rotatable bonds is 9. The second-order valence-corrected chi connectivity index (χ2v) is 6.25. The van der Waals surface area contributed by atoms with E-state index < -0.39 is 18.1 Å². The van der Waals surface area contributed by atoms with Crippen LogP contribution in [-0.2, 0) is 9.53 Å². The first-order valence-electron chi connectivity index (χ1n) is 9.27. The number of amides is 1. The summed E-state index contributed by atoms with van der Waals surface area (Å²) in [5.41, 5.74) is 0.776. The maximum absolute atomic E-state index is 12.8. The van der Waals surface area contributed by atoms with Crippen LogP contribution in [0.4, 0.5) is 4.79 Å². The van der Waals surface area contributed by atoms with Gasteiger partial charge in [-0.3, -0.25) is 9.69 Å². The van der Waals surface area contributed by atoms with E-state index in [1.54, 1.807) is 62.6 Å². The summed E-state index contributed by atoms with van der Waals surface area (Å²) in [6.45, 7) is 1.81. The molecule has 1 amide bonds. The van der Waals surface area contributed by atoms with Gasteiger partial charge in [0, 0.05) is 0 Å². The SMILES string of the molecule is COC(=O)CN(C(=O)Oc1ccc(OC)cc1)[C@@H](C)c1ccc(OCCC#N)cc1. The van der Waals surface area contributed by atoms with Crippen LogP contribution in [0.3, 0.4) is 0 Å². The van der Waals surface area contributed by atoms with Crippen LogP contribution in [-0.4, -0.2) is 44.3 Å². The minimum absolute atomic E-state index is 0.271. The maximum Gasteiger partial charge on any atom is 0.416 e. The lowest BCUT2D eigenvalue weighted by Crippen LogP contribution is -2.40. The summed E-state index contributed by atoms with van der Waals surface area (Å²) >= 11 is 0. The summed E-state index contributed by atoms with van der Waals surface area (Å²) in [5.74, 6) is 1.00. The van der Waals surface area contributed by atoms with Gasteiger partial charge in [0.15, 0.2) is 0 Å². The monoisotopic (exact) mass is 412 g/mol. The molecule has 158 valence electrons. The standard InChI is InChI=1S/C22H24N2O6/c1-16(17-5-7-19(8-6-17)29-14-4-13-23)24(15-21(25)28-3)22(26)30-20-11-9-18(27-2)10-12-20/h5-12,16H,4,14-15H2,1-3H3/t16-/m0/s1. The highest BCUT2D eigenvalue weighted by Gasteiger charge is 2.26. The molecule has 0 aliphatic rings. The molecule has 0 bridgehead atoms. The van der Waals surface area contributed by atoms with Crippen LogP contribution in [0.5, 0.6) is 17.2 Å². The first kappa shape index (κ1) is 22.6. The van der Waals surface area contributed by atoms with E-state index >= 15 is 0 Å². The number of carbonyl (C=O) groups is 2. The first-order valence-corrected chi connectivity index (χ1v) is 9.27. The maximum atomic E-state index is 12.8. The molecule has 1 atom stereocenters. The molecule has 0 heterocycles. The van der Waals surface area contributed by atoms with Crippen molar-refractivity contribution in [3.63, 3.8) is 0 Å². The minimum atomic E-state index is -0.688. The van der Waals surface area contributed by atoms with Crippen molar-refractivity contribution >= 4 is 12.1 Å². The third-order valence-electron chi connectivity index (χ3n) is 4.34. The van der Waals surface area contributed by atoms with Crippen molar-refractivity contribution in [3.05, 3.63) is 54.1 Å². The minimum Gasteiger partial charge on any atom is -0.497 e. The molecule has 2 rings (SSSR count). The molecule has 30 heavy (non-hydrogen) atoms. The number of hydrogen-bond acceptors (Lipinski definition) is 7. The van der Waals surface area contributed by atoms with Gasteiger partial charge in [0.2, 0.25) is 0 Å².